The molecule has 1 amide bonds. The molecule has 1 aliphatic heterocycles. The summed E-state index contributed by atoms with van der Waals surface area (Å²) in [5.41, 5.74) is 2.18. The Kier molecular flexibility index (Phi) is 6.74. The molecule has 5 heteroatoms. The summed E-state index contributed by atoms with van der Waals surface area (Å²) in [4.78, 5) is 14.0. The predicted octanol–water partition coefficient (Wildman–Crippen LogP) is 2.91. The highest BCUT2D eigenvalue weighted by Crippen LogP contribution is 2.13. The number of hydrogen-bond donors (Lipinski definition) is 1. The zero-order valence-corrected chi connectivity index (χ0v) is 14.6. The van der Waals surface area contributed by atoms with Crippen LogP contribution in [0.15, 0.2) is 30.3 Å². The van der Waals surface area contributed by atoms with Gasteiger partial charge in [0.2, 0.25) is 5.91 Å². The van der Waals surface area contributed by atoms with Crippen LogP contribution in [0.5, 0.6) is 0 Å². The lowest BCUT2D eigenvalue weighted by Crippen LogP contribution is -2.45. The van der Waals surface area contributed by atoms with Gasteiger partial charge in [0, 0.05) is 25.8 Å². The monoisotopic (exact) mass is 332 g/mol. The maximum absolute atomic E-state index is 12.0. The van der Waals surface area contributed by atoms with Gasteiger partial charge < -0.3 is 9.64 Å². The Bertz CT molecular complexity index is 563. The van der Waals surface area contributed by atoms with Gasteiger partial charge in [0.25, 0.3) is 0 Å². The minimum Gasteiger partial charge on any atom is -0.376 e. The van der Waals surface area contributed by atoms with E-state index in [-0.39, 0.29) is 12.0 Å². The van der Waals surface area contributed by atoms with E-state index in [1.165, 1.54) is 11.6 Å². The lowest BCUT2D eigenvalue weighted by molar-refractivity contribution is -0.115. The lowest BCUT2D eigenvalue weighted by atomic mass is 10.1. The van der Waals surface area contributed by atoms with Crippen LogP contribution < -0.4 is 5.32 Å². The molecule has 0 radical (unpaired) electrons. The van der Waals surface area contributed by atoms with Crippen LogP contribution in [0, 0.1) is 6.92 Å². The summed E-state index contributed by atoms with van der Waals surface area (Å²) in [6.07, 6.45) is 5.67. The number of carbonyl (C=O) groups is 1. The molecule has 0 saturated carbocycles. The minimum absolute atomic E-state index is 0.207. The van der Waals surface area contributed by atoms with Crippen LogP contribution >= 0.6 is 12.2 Å². The molecular weight excluding hydrogens is 308 g/mol. The molecule has 0 bridgehead atoms. The van der Waals surface area contributed by atoms with Crippen molar-refractivity contribution in [2.24, 2.45) is 0 Å². The van der Waals surface area contributed by atoms with E-state index in [9.17, 15) is 4.79 Å². The van der Waals surface area contributed by atoms with Gasteiger partial charge >= 0.3 is 0 Å². The Balaban J connectivity index is 1.84. The van der Waals surface area contributed by atoms with Crippen molar-refractivity contribution in [3.63, 3.8) is 0 Å². The van der Waals surface area contributed by atoms with Gasteiger partial charge in [0.05, 0.1) is 6.10 Å². The maximum atomic E-state index is 12.0. The summed E-state index contributed by atoms with van der Waals surface area (Å²) < 4.78 is 5.63. The molecule has 4 nitrogen and oxygen atoms in total. The first kappa shape index (κ1) is 17.6. The summed E-state index contributed by atoms with van der Waals surface area (Å²) in [6, 6.07) is 7.99. The molecule has 0 aromatic heterocycles. The first-order valence-corrected chi connectivity index (χ1v) is 8.45. The summed E-state index contributed by atoms with van der Waals surface area (Å²) in [5.74, 6) is -0.207. The van der Waals surface area contributed by atoms with Crippen LogP contribution in [-0.4, -0.2) is 41.7 Å². The lowest BCUT2D eigenvalue weighted by Gasteiger charge is -2.26. The topological polar surface area (TPSA) is 41.6 Å². The van der Waals surface area contributed by atoms with E-state index in [2.05, 4.69) is 5.32 Å². The summed E-state index contributed by atoms with van der Waals surface area (Å²) >= 11 is 5.34. The summed E-state index contributed by atoms with van der Waals surface area (Å²) in [5, 5.41) is 3.22. The fourth-order valence-electron chi connectivity index (χ4n) is 2.47. The van der Waals surface area contributed by atoms with Crippen molar-refractivity contribution in [2.75, 3.05) is 19.7 Å². The molecule has 0 aliphatic carbocycles. The van der Waals surface area contributed by atoms with Crippen molar-refractivity contribution in [3.8, 4) is 0 Å². The number of likely N-dealkylation sites (N-methyl/N-ethyl adjacent to an activating group) is 1. The third-order valence-electron chi connectivity index (χ3n) is 3.85. The normalized spacial score (nSPS) is 17.4. The molecule has 1 aliphatic rings. The SMILES string of the molecule is CCN(CC1CCCO1)C(=S)NC(=O)C=Cc1ccc(C)cc1. The molecule has 1 fully saturated rings. The number of benzene rings is 1. The Hall–Kier alpha value is -1.72. The third-order valence-corrected chi connectivity index (χ3v) is 4.21. The molecule has 1 unspecified atom stereocenters. The first-order valence-electron chi connectivity index (χ1n) is 8.04. The molecule has 1 aromatic rings. The van der Waals surface area contributed by atoms with E-state index in [0.717, 1.165) is 38.1 Å². The number of ether oxygens (including phenoxy) is 1. The highest BCUT2D eigenvalue weighted by Gasteiger charge is 2.20. The van der Waals surface area contributed by atoms with E-state index in [0.29, 0.717) is 5.11 Å². The van der Waals surface area contributed by atoms with Crippen LogP contribution in [0.4, 0.5) is 0 Å². The standard InChI is InChI=1S/C18H24N2O2S/c1-3-20(13-16-5-4-12-22-16)18(23)19-17(21)11-10-15-8-6-14(2)7-9-15/h6-11,16H,3-5,12-13H2,1-2H3,(H,19,21,23). The van der Waals surface area contributed by atoms with Gasteiger partial charge in [-0.05, 0) is 50.5 Å². The number of thiocarbonyl (C=S) groups is 1. The van der Waals surface area contributed by atoms with Crippen molar-refractivity contribution in [3.05, 3.63) is 41.5 Å². The zero-order valence-electron chi connectivity index (χ0n) is 13.7. The summed E-state index contributed by atoms with van der Waals surface area (Å²) in [7, 11) is 0. The van der Waals surface area contributed by atoms with Crippen LogP contribution in [0.1, 0.15) is 30.9 Å². The Morgan fingerprint density at radius 2 is 2.17 bits per heavy atom. The fourth-order valence-corrected chi connectivity index (χ4v) is 2.77. The van der Waals surface area contributed by atoms with E-state index in [1.54, 1.807) is 6.08 Å². The first-order chi connectivity index (χ1) is 11.1. The second kappa shape index (κ2) is 8.79. The Morgan fingerprint density at radius 3 is 2.78 bits per heavy atom. The molecule has 1 atom stereocenters. The molecule has 1 heterocycles. The van der Waals surface area contributed by atoms with Crippen molar-refractivity contribution in [1.82, 2.24) is 10.2 Å². The number of nitrogens with zero attached hydrogens (tertiary/aromatic N) is 1. The highest BCUT2D eigenvalue weighted by atomic mass is 32.1. The largest absolute Gasteiger partial charge is 0.376 e. The molecular formula is C18H24N2O2S. The summed E-state index contributed by atoms with van der Waals surface area (Å²) in [6.45, 7) is 6.36. The van der Waals surface area contributed by atoms with E-state index in [4.69, 9.17) is 17.0 Å². The molecule has 1 saturated heterocycles. The van der Waals surface area contributed by atoms with Crippen molar-refractivity contribution >= 4 is 29.3 Å². The van der Waals surface area contributed by atoms with Crippen LogP contribution in [0.2, 0.25) is 0 Å². The van der Waals surface area contributed by atoms with Gasteiger partial charge in [-0.15, -0.1) is 0 Å². The molecule has 2 rings (SSSR count). The molecule has 124 valence electrons. The van der Waals surface area contributed by atoms with Gasteiger partial charge in [-0.3, -0.25) is 10.1 Å². The number of aryl methyl sites for hydroxylation is 1. The maximum Gasteiger partial charge on any atom is 0.250 e. The number of carbonyl (C=O) groups excluding carboxylic acids is 1. The second-order valence-electron chi connectivity index (χ2n) is 5.71. The zero-order chi connectivity index (χ0) is 16.7. The average molecular weight is 332 g/mol. The van der Waals surface area contributed by atoms with Gasteiger partial charge in [-0.2, -0.15) is 0 Å². The van der Waals surface area contributed by atoms with Crippen LogP contribution in [-0.2, 0) is 9.53 Å². The number of hydrogen-bond acceptors (Lipinski definition) is 3. The molecule has 0 spiro atoms. The predicted molar refractivity (Wildman–Crippen MR) is 97.2 cm³/mol. The fraction of sp³-hybridized carbons (Fsp3) is 0.444. The number of nitrogens with one attached hydrogen (secondary N) is 1. The van der Waals surface area contributed by atoms with Gasteiger partial charge in [0.15, 0.2) is 5.11 Å². The smallest absolute Gasteiger partial charge is 0.250 e. The highest BCUT2D eigenvalue weighted by molar-refractivity contribution is 7.80. The Labute approximate surface area is 143 Å². The average Bonchev–Trinajstić information content (AvgIpc) is 3.05. The van der Waals surface area contributed by atoms with E-state index >= 15 is 0 Å². The van der Waals surface area contributed by atoms with Crippen LogP contribution in [0.25, 0.3) is 6.08 Å². The number of rotatable bonds is 5. The number of amides is 1. The van der Waals surface area contributed by atoms with Gasteiger partial charge in [-0.1, -0.05) is 29.8 Å². The van der Waals surface area contributed by atoms with E-state index in [1.807, 2.05) is 43.0 Å². The van der Waals surface area contributed by atoms with Gasteiger partial charge in [-0.25, -0.2) is 0 Å². The molecule has 23 heavy (non-hydrogen) atoms. The van der Waals surface area contributed by atoms with Crippen LogP contribution in [0.3, 0.4) is 0 Å². The van der Waals surface area contributed by atoms with Crippen molar-refractivity contribution in [1.29, 1.82) is 0 Å². The molecule has 1 aromatic carbocycles. The second-order valence-corrected chi connectivity index (χ2v) is 6.10. The van der Waals surface area contributed by atoms with Crippen molar-refractivity contribution < 1.29 is 9.53 Å². The van der Waals surface area contributed by atoms with Gasteiger partial charge in [0.1, 0.15) is 0 Å². The van der Waals surface area contributed by atoms with Crippen molar-refractivity contribution in [2.45, 2.75) is 32.8 Å². The van der Waals surface area contributed by atoms with E-state index < -0.39 is 0 Å². The Morgan fingerprint density at radius 1 is 1.43 bits per heavy atom. The minimum atomic E-state index is -0.207. The molecule has 1 N–H and O–H groups in total. The third kappa shape index (κ3) is 5.77. The quantitative estimate of drug-likeness (QED) is 0.665.